The zero-order chi connectivity index (χ0) is 19.4. The molecule has 18 heavy (non-hydrogen) atoms. The molecule has 0 N–H and O–H groups in total. The lowest BCUT2D eigenvalue weighted by molar-refractivity contribution is 0.00578. The highest BCUT2D eigenvalue weighted by Crippen LogP contribution is 2.36. The van der Waals surface area contributed by atoms with Gasteiger partial charge in [0.2, 0.25) is 5.88 Å². The van der Waals surface area contributed by atoms with Crippen molar-refractivity contribution in [1.82, 2.24) is 9.97 Å². The quantitative estimate of drug-likeness (QED) is 0.761. The highest BCUT2D eigenvalue weighted by Gasteiger charge is 2.52. The summed E-state index contributed by atoms with van der Waals surface area (Å²) >= 11 is 0. The molecule has 0 bridgehead atoms. The predicted octanol–water partition coefficient (Wildman–Crippen LogP) is 1.17. The first-order chi connectivity index (χ1) is 11.1. The van der Waals surface area contributed by atoms with E-state index in [4.69, 9.17) is 18.9 Å². The SMILES string of the molecule is [2H]c1nc(B2OC(C)(C)C(C)(C)O2)c([2H])nc1OC([2H])([2H])C([2H])([2H])[2H]. The van der Waals surface area contributed by atoms with Gasteiger partial charge in [-0.15, -0.1) is 0 Å². The van der Waals surface area contributed by atoms with Crippen molar-refractivity contribution in [2.75, 3.05) is 6.56 Å². The summed E-state index contributed by atoms with van der Waals surface area (Å²) in [7, 11) is -1.03. The van der Waals surface area contributed by atoms with Gasteiger partial charge in [0, 0.05) is 10.3 Å². The second kappa shape index (κ2) is 4.51. The molecule has 0 radical (unpaired) electrons. The molecular weight excluding hydrogens is 231 g/mol. The molecule has 0 aliphatic carbocycles. The second-order valence-corrected chi connectivity index (χ2v) is 4.93. The highest BCUT2D eigenvalue weighted by atomic mass is 16.7. The number of nitrogens with zero attached hydrogens (tertiary/aromatic N) is 2. The molecule has 98 valence electrons. The Bertz CT molecular complexity index is 665. The van der Waals surface area contributed by atoms with Gasteiger partial charge in [-0.1, -0.05) is 0 Å². The third-order valence-corrected chi connectivity index (χ3v) is 3.17. The second-order valence-electron chi connectivity index (χ2n) is 4.93. The summed E-state index contributed by atoms with van der Waals surface area (Å²) in [5.41, 5.74) is -1.42. The van der Waals surface area contributed by atoms with Gasteiger partial charge in [-0.2, -0.15) is 0 Å². The van der Waals surface area contributed by atoms with Gasteiger partial charge in [0.1, 0.15) is 0 Å². The van der Waals surface area contributed by atoms with Crippen LogP contribution in [0.5, 0.6) is 5.88 Å². The van der Waals surface area contributed by atoms with Crippen LogP contribution < -0.4 is 10.3 Å². The molecule has 5 nitrogen and oxygen atoms in total. The fraction of sp³-hybridized carbons (Fsp3) is 0.667. The minimum absolute atomic E-state index is 0.0644. The van der Waals surface area contributed by atoms with Crippen LogP contribution in [0.2, 0.25) is 0 Å². The van der Waals surface area contributed by atoms with Gasteiger partial charge >= 0.3 is 7.12 Å². The largest absolute Gasteiger partial charge is 0.516 e. The average Bonchev–Trinajstić information content (AvgIpc) is 2.60. The maximum absolute atomic E-state index is 7.94. The van der Waals surface area contributed by atoms with Crippen LogP contribution in [0.15, 0.2) is 12.3 Å². The molecule has 2 heterocycles. The summed E-state index contributed by atoms with van der Waals surface area (Å²) in [6.07, 6.45) is -1.07. The van der Waals surface area contributed by atoms with E-state index in [-0.39, 0.29) is 5.59 Å². The Hall–Kier alpha value is -1.14. The lowest BCUT2D eigenvalue weighted by Gasteiger charge is -2.32. The lowest BCUT2D eigenvalue weighted by atomic mass is 9.85. The van der Waals surface area contributed by atoms with E-state index < -0.39 is 50.0 Å². The first-order valence-electron chi connectivity index (χ1n) is 8.97. The van der Waals surface area contributed by atoms with Crippen molar-refractivity contribution in [3.63, 3.8) is 0 Å². The smallest absolute Gasteiger partial charge is 0.477 e. The Morgan fingerprint density at radius 3 is 2.61 bits per heavy atom. The fourth-order valence-electron chi connectivity index (χ4n) is 1.42. The average molecular weight is 257 g/mol. The van der Waals surface area contributed by atoms with Gasteiger partial charge in [0.25, 0.3) is 0 Å². The molecule has 1 saturated heterocycles. The van der Waals surface area contributed by atoms with Gasteiger partial charge in [0.15, 0.2) is 0 Å². The molecule has 1 aromatic rings. The maximum Gasteiger partial charge on any atom is 0.516 e. The Kier molecular flexibility index (Phi) is 1.72. The standard InChI is InChI=1S/C12H19BN2O3/c1-6-16-10-8-14-9(7-15-10)13-17-11(2,3)12(4,5)18-13/h7-8H,6H2,1-5H3/i1D3,6D2,7D,8D. The molecule has 0 amide bonds. The van der Waals surface area contributed by atoms with E-state index in [1.807, 2.05) is 27.7 Å². The molecular formula is C12H19BN2O3. The van der Waals surface area contributed by atoms with E-state index in [0.29, 0.717) is 0 Å². The molecule has 0 atom stereocenters. The van der Waals surface area contributed by atoms with Crippen molar-refractivity contribution in [2.24, 2.45) is 0 Å². The molecule has 1 fully saturated rings. The normalized spacial score (nSPS) is 28.2. The van der Waals surface area contributed by atoms with Crippen molar-refractivity contribution < 1.29 is 23.6 Å². The van der Waals surface area contributed by atoms with E-state index in [1.54, 1.807) is 0 Å². The summed E-state index contributed by atoms with van der Waals surface area (Å²) in [5.74, 6) is -0.689. The molecule has 0 saturated carbocycles. The molecule has 6 heteroatoms. The summed E-state index contributed by atoms with van der Waals surface area (Å²) < 4.78 is 68.1. The molecule has 1 aromatic heterocycles. The van der Waals surface area contributed by atoms with E-state index in [9.17, 15) is 0 Å². The molecule has 1 aliphatic heterocycles. The van der Waals surface area contributed by atoms with Crippen molar-refractivity contribution >= 4 is 12.7 Å². The van der Waals surface area contributed by atoms with Crippen molar-refractivity contribution in [3.8, 4) is 5.88 Å². The van der Waals surface area contributed by atoms with E-state index in [2.05, 4.69) is 14.7 Å². The Balaban J connectivity index is 2.33. The van der Waals surface area contributed by atoms with Crippen molar-refractivity contribution in [1.29, 1.82) is 0 Å². The molecule has 2 rings (SSSR count). The monoisotopic (exact) mass is 257 g/mol. The molecule has 0 aromatic carbocycles. The van der Waals surface area contributed by atoms with Crippen LogP contribution in [-0.2, 0) is 9.31 Å². The van der Waals surface area contributed by atoms with Crippen LogP contribution in [0.25, 0.3) is 0 Å². The Morgan fingerprint density at radius 1 is 1.33 bits per heavy atom. The number of hydrogen-bond acceptors (Lipinski definition) is 5. The zero-order valence-corrected chi connectivity index (χ0v) is 10.7. The van der Waals surface area contributed by atoms with Crippen LogP contribution in [0.1, 0.15) is 44.1 Å². The first-order valence-corrected chi connectivity index (χ1v) is 5.47. The fourth-order valence-corrected chi connectivity index (χ4v) is 1.42. The van der Waals surface area contributed by atoms with Crippen LogP contribution in [0.4, 0.5) is 0 Å². The van der Waals surface area contributed by atoms with Gasteiger partial charge in [0.05, 0.1) is 35.0 Å². The van der Waals surface area contributed by atoms with Crippen LogP contribution in [0, 0.1) is 0 Å². The summed E-state index contributed by atoms with van der Waals surface area (Å²) in [6, 6.07) is 0. The molecule has 1 aliphatic rings. The summed E-state index contributed by atoms with van der Waals surface area (Å²) in [4.78, 5) is 7.50. The minimum atomic E-state index is -3.09. The van der Waals surface area contributed by atoms with Crippen molar-refractivity contribution in [3.05, 3.63) is 12.3 Å². The molecule has 0 spiro atoms. The Morgan fingerprint density at radius 2 is 2.00 bits per heavy atom. The van der Waals surface area contributed by atoms with E-state index in [0.717, 1.165) is 0 Å². The van der Waals surface area contributed by atoms with Crippen LogP contribution >= 0.6 is 0 Å². The molecule has 0 unspecified atom stereocenters. The maximum atomic E-state index is 7.94. The van der Waals surface area contributed by atoms with Crippen molar-refractivity contribution in [2.45, 2.75) is 45.7 Å². The lowest BCUT2D eigenvalue weighted by Crippen LogP contribution is -2.41. The third kappa shape index (κ3) is 2.35. The van der Waals surface area contributed by atoms with Crippen LogP contribution in [-0.4, -0.2) is 34.8 Å². The first kappa shape index (κ1) is 6.87. The van der Waals surface area contributed by atoms with E-state index in [1.165, 1.54) is 0 Å². The van der Waals surface area contributed by atoms with Gasteiger partial charge in [-0.05, 0) is 34.5 Å². The number of rotatable bonds is 3. The number of ether oxygens (including phenoxy) is 1. The Labute approximate surface area is 118 Å². The topological polar surface area (TPSA) is 53.5 Å². The zero-order valence-electron chi connectivity index (χ0n) is 17.7. The highest BCUT2D eigenvalue weighted by molar-refractivity contribution is 6.61. The predicted molar refractivity (Wildman–Crippen MR) is 68.9 cm³/mol. The summed E-state index contributed by atoms with van der Waals surface area (Å²) in [5, 5.41) is 0. The van der Waals surface area contributed by atoms with Crippen LogP contribution in [0.3, 0.4) is 0 Å². The van der Waals surface area contributed by atoms with E-state index >= 15 is 0 Å². The third-order valence-electron chi connectivity index (χ3n) is 3.17. The van der Waals surface area contributed by atoms with Gasteiger partial charge < -0.3 is 14.0 Å². The van der Waals surface area contributed by atoms with Gasteiger partial charge in [-0.25, -0.2) is 4.98 Å². The minimum Gasteiger partial charge on any atom is -0.477 e. The number of aromatic nitrogens is 2. The summed E-state index contributed by atoms with van der Waals surface area (Å²) in [6.45, 7) is 1.09. The van der Waals surface area contributed by atoms with Gasteiger partial charge in [-0.3, -0.25) is 4.98 Å². The number of hydrogen-bond donors (Lipinski definition) is 0.